The summed E-state index contributed by atoms with van der Waals surface area (Å²) in [4.78, 5) is 10.9. The Balaban J connectivity index is 2.21. The van der Waals surface area contributed by atoms with Gasteiger partial charge in [0.1, 0.15) is 5.78 Å². The summed E-state index contributed by atoms with van der Waals surface area (Å²) in [6.07, 6.45) is 2.27. The topological polar surface area (TPSA) is 37.3 Å². The minimum atomic E-state index is -0.295. The average Bonchev–Trinajstić information content (AvgIpc) is 2.22. The summed E-state index contributed by atoms with van der Waals surface area (Å²) in [6.45, 7) is 0. The first-order valence-corrected chi connectivity index (χ1v) is 3.48. The molecule has 0 saturated heterocycles. The lowest BCUT2D eigenvalue weighted by Crippen LogP contribution is -2.23. The Morgan fingerprint density at radius 1 is 1.44 bits per heavy atom. The van der Waals surface area contributed by atoms with Gasteiger partial charge in [-0.3, -0.25) is 4.79 Å². The first-order valence-electron chi connectivity index (χ1n) is 3.48. The Kier molecular flexibility index (Phi) is 0.943. The van der Waals surface area contributed by atoms with E-state index in [0.29, 0.717) is 11.7 Å². The molecule has 2 rings (SSSR count). The molecule has 2 nitrogen and oxygen atoms in total. The minimum absolute atomic E-state index is 0.0231. The van der Waals surface area contributed by atoms with E-state index in [1.54, 1.807) is 0 Å². The summed E-state index contributed by atoms with van der Waals surface area (Å²) in [5.74, 6) is 0.839. The predicted octanol–water partition coefficient (Wildman–Crippen LogP) is 0.346. The zero-order valence-electron chi connectivity index (χ0n) is 5.21. The van der Waals surface area contributed by atoms with Crippen molar-refractivity contribution in [2.24, 2.45) is 11.8 Å². The van der Waals surface area contributed by atoms with Gasteiger partial charge in [-0.05, 0) is 18.8 Å². The molecule has 2 aliphatic carbocycles. The van der Waals surface area contributed by atoms with Crippen LogP contribution in [0.2, 0.25) is 0 Å². The molecule has 0 radical (unpaired) electrons. The SMILES string of the molecule is O=C1C[C@H]2C[C@H](O)[C@H]1C2. The normalized spacial score (nSPS) is 48.6. The third-order valence-electron chi connectivity index (χ3n) is 2.53. The molecule has 2 saturated carbocycles. The summed E-state index contributed by atoms with van der Waals surface area (Å²) < 4.78 is 0. The molecule has 2 heteroatoms. The highest BCUT2D eigenvalue weighted by molar-refractivity contribution is 5.84. The number of hydrogen-bond donors (Lipinski definition) is 1. The molecule has 0 unspecified atom stereocenters. The molecular weight excluding hydrogens is 116 g/mol. The standard InChI is InChI=1S/C7H10O2/c8-6-2-4-1-5(6)7(9)3-4/h4-6,8H,1-3H2/t4-,5-,6+/m1/s1. The second kappa shape index (κ2) is 1.57. The van der Waals surface area contributed by atoms with Crippen LogP contribution in [0.1, 0.15) is 19.3 Å². The number of hydrogen-bond acceptors (Lipinski definition) is 2. The number of fused-ring (bicyclic) bond motifs is 2. The van der Waals surface area contributed by atoms with E-state index in [0.717, 1.165) is 19.3 Å². The quantitative estimate of drug-likeness (QED) is 0.508. The van der Waals surface area contributed by atoms with Crippen LogP contribution in [0.15, 0.2) is 0 Å². The summed E-state index contributed by atoms with van der Waals surface area (Å²) in [5, 5.41) is 9.17. The number of aliphatic hydroxyl groups excluding tert-OH is 1. The van der Waals surface area contributed by atoms with Crippen LogP contribution in [-0.2, 0) is 4.79 Å². The smallest absolute Gasteiger partial charge is 0.138 e. The second-order valence-corrected chi connectivity index (χ2v) is 3.18. The van der Waals surface area contributed by atoms with Crippen LogP contribution >= 0.6 is 0 Å². The second-order valence-electron chi connectivity index (χ2n) is 3.18. The molecule has 0 aromatic heterocycles. The van der Waals surface area contributed by atoms with Crippen LogP contribution in [0, 0.1) is 11.8 Å². The Hall–Kier alpha value is -0.370. The predicted molar refractivity (Wildman–Crippen MR) is 31.8 cm³/mol. The van der Waals surface area contributed by atoms with Crippen LogP contribution in [0.3, 0.4) is 0 Å². The van der Waals surface area contributed by atoms with Crippen LogP contribution in [0.5, 0.6) is 0 Å². The Morgan fingerprint density at radius 3 is 2.56 bits per heavy atom. The van der Waals surface area contributed by atoms with E-state index in [1.165, 1.54) is 0 Å². The average molecular weight is 126 g/mol. The van der Waals surface area contributed by atoms with Gasteiger partial charge in [-0.2, -0.15) is 0 Å². The molecule has 9 heavy (non-hydrogen) atoms. The fourth-order valence-electron chi connectivity index (χ4n) is 2.07. The van der Waals surface area contributed by atoms with Gasteiger partial charge in [-0.25, -0.2) is 0 Å². The molecule has 1 N–H and O–H groups in total. The lowest BCUT2D eigenvalue weighted by Gasteiger charge is -2.13. The monoisotopic (exact) mass is 126 g/mol. The molecule has 50 valence electrons. The Labute approximate surface area is 53.9 Å². The van der Waals surface area contributed by atoms with Gasteiger partial charge in [0, 0.05) is 12.3 Å². The van der Waals surface area contributed by atoms with Crippen molar-refractivity contribution in [3.63, 3.8) is 0 Å². The van der Waals surface area contributed by atoms with E-state index in [-0.39, 0.29) is 12.0 Å². The van der Waals surface area contributed by atoms with Gasteiger partial charge in [0.15, 0.2) is 0 Å². The van der Waals surface area contributed by atoms with Crippen molar-refractivity contribution in [2.75, 3.05) is 0 Å². The molecule has 0 spiro atoms. The summed E-state index contributed by atoms with van der Waals surface area (Å²) >= 11 is 0. The molecule has 0 amide bonds. The fraction of sp³-hybridized carbons (Fsp3) is 0.857. The van der Waals surface area contributed by atoms with E-state index in [4.69, 9.17) is 5.11 Å². The molecule has 2 bridgehead atoms. The number of Topliss-reactive ketones (excluding diaryl/α,β-unsaturated/α-hetero) is 1. The maximum atomic E-state index is 10.9. The molecular formula is C7H10O2. The maximum Gasteiger partial charge on any atom is 0.138 e. The van der Waals surface area contributed by atoms with E-state index in [1.807, 2.05) is 0 Å². The van der Waals surface area contributed by atoms with Gasteiger partial charge in [0.25, 0.3) is 0 Å². The van der Waals surface area contributed by atoms with Crippen molar-refractivity contribution < 1.29 is 9.90 Å². The van der Waals surface area contributed by atoms with Crippen molar-refractivity contribution in [3.8, 4) is 0 Å². The third-order valence-corrected chi connectivity index (χ3v) is 2.53. The number of aliphatic hydroxyl groups is 1. The highest BCUT2D eigenvalue weighted by atomic mass is 16.3. The van der Waals surface area contributed by atoms with Crippen LogP contribution in [0.4, 0.5) is 0 Å². The minimum Gasteiger partial charge on any atom is -0.392 e. The van der Waals surface area contributed by atoms with E-state index in [9.17, 15) is 4.79 Å². The Bertz CT molecular complexity index is 153. The van der Waals surface area contributed by atoms with Crippen LogP contribution in [-0.4, -0.2) is 17.0 Å². The summed E-state index contributed by atoms with van der Waals surface area (Å²) in [7, 11) is 0. The Morgan fingerprint density at radius 2 is 2.22 bits per heavy atom. The van der Waals surface area contributed by atoms with Crippen molar-refractivity contribution in [3.05, 3.63) is 0 Å². The van der Waals surface area contributed by atoms with E-state index >= 15 is 0 Å². The summed E-state index contributed by atoms with van der Waals surface area (Å²) in [5.41, 5.74) is 0. The zero-order chi connectivity index (χ0) is 6.43. The first kappa shape index (κ1) is 5.42. The highest BCUT2D eigenvalue weighted by Gasteiger charge is 2.44. The molecule has 0 aromatic carbocycles. The third kappa shape index (κ3) is 0.628. The summed E-state index contributed by atoms with van der Waals surface area (Å²) in [6, 6.07) is 0. The van der Waals surface area contributed by atoms with E-state index in [2.05, 4.69) is 0 Å². The van der Waals surface area contributed by atoms with Crippen LogP contribution < -0.4 is 0 Å². The number of carbonyl (C=O) groups is 1. The van der Waals surface area contributed by atoms with Crippen molar-refractivity contribution >= 4 is 5.78 Å². The molecule has 2 fully saturated rings. The first-order chi connectivity index (χ1) is 4.27. The van der Waals surface area contributed by atoms with Crippen molar-refractivity contribution in [2.45, 2.75) is 25.4 Å². The molecule has 0 heterocycles. The molecule has 3 atom stereocenters. The van der Waals surface area contributed by atoms with Gasteiger partial charge in [0.2, 0.25) is 0 Å². The fourth-order valence-corrected chi connectivity index (χ4v) is 2.07. The van der Waals surface area contributed by atoms with Crippen molar-refractivity contribution in [1.29, 1.82) is 0 Å². The number of ketones is 1. The van der Waals surface area contributed by atoms with Gasteiger partial charge < -0.3 is 5.11 Å². The van der Waals surface area contributed by atoms with Gasteiger partial charge >= 0.3 is 0 Å². The lowest BCUT2D eigenvalue weighted by atomic mass is 9.97. The number of carbonyl (C=O) groups excluding carboxylic acids is 1. The maximum absolute atomic E-state index is 10.9. The molecule has 0 aromatic rings. The lowest BCUT2D eigenvalue weighted by molar-refractivity contribution is -0.125. The highest BCUT2D eigenvalue weighted by Crippen LogP contribution is 2.41. The van der Waals surface area contributed by atoms with Crippen molar-refractivity contribution in [1.82, 2.24) is 0 Å². The van der Waals surface area contributed by atoms with Gasteiger partial charge in [-0.1, -0.05) is 0 Å². The zero-order valence-corrected chi connectivity index (χ0v) is 5.21. The molecule has 0 aliphatic heterocycles. The largest absolute Gasteiger partial charge is 0.392 e. The van der Waals surface area contributed by atoms with E-state index < -0.39 is 0 Å². The van der Waals surface area contributed by atoms with Gasteiger partial charge in [0.05, 0.1) is 6.10 Å². The van der Waals surface area contributed by atoms with Gasteiger partial charge in [-0.15, -0.1) is 0 Å². The number of rotatable bonds is 0. The van der Waals surface area contributed by atoms with Crippen LogP contribution in [0.25, 0.3) is 0 Å². The molecule has 2 aliphatic rings.